The number of hydrogen-bond donors (Lipinski definition) is 1. The van der Waals surface area contributed by atoms with E-state index >= 15 is 0 Å². The molecule has 0 aliphatic carbocycles. The summed E-state index contributed by atoms with van der Waals surface area (Å²) in [5, 5.41) is 9.46. The predicted octanol–water partition coefficient (Wildman–Crippen LogP) is -1.34. The van der Waals surface area contributed by atoms with E-state index in [2.05, 4.69) is 4.28 Å². The predicted molar refractivity (Wildman–Crippen MR) is 44.9 cm³/mol. The summed E-state index contributed by atoms with van der Waals surface area (Å²) >= 11 is 0. The normalized spacial score (nSPS) is 19.4. The fourth-order valence-electron chi connectivity index (χ4n) is 0.959. The lowest BCUT2D eigenvalue weighted by Gasteiger charge is -2.24. The lowest BCUT2D eigenvalue weighted by Crippen LogP contribution is -2.39. The number of aliphatic carboxylic acids is 1. The van der Waals surface area contributed by atoms with Crippen molar-refractivity contribution < 1.29 is 27.3 Å². The van der Waals surface area contributed by atoms with Gasteiger partial charge in [0.25, 0.3) is 10.1 Å². The fraction of sp³-hybridized carbons (Fsp3) is 0.833. The minimum absolute atomic E-state index is 0.318. The third-order valence-corrected chi connectivity index (χ3v) is 2.53. The first-order valence-electron chi connectivity index (χ1n) is 3.96. The van der Waals surface area contributed by atoms with Crippen molar-refractivity contribution in [2.45, 2.75) is 0 Å². The van der Waals surface area contributed by atoms with Crippen LogP contribution >= 0.6 is 0 Å². The number of carboxylic acid groups (broad SMARTS) is 1. The summed E-state index contributed by atoms with van der Waals surface area (Å²) in [7, 11) is -4.01. The Morgan fingerprint density at radius 1 is 1.43 bits per heavy atom. The average molecular weight is 225 g/mol. The van der Waals surface area contributed by atoms with Gasteiger partial charge in [0, 0.05) is 13.1 Å². The Hall–Kier alpha value is -0.700. The molecule has 1 fully saturated rings. The molecule has 0 atom stereocenters. The van der Waals surface area contributed by atoms with Gasteiger partial charge in [0.2, 0.25) is 0 Å². The number of morpholine rings is 1. The summed E-state index contributed by atoms with van der Waals surface area (Å²) in [4.78, 5) is 10.2. The van der Waals surface area contributed by atoms with Crippen molar-refractivity contribution in [3.63, 3.8) is 0 Å². The molecule has 1 rings (SSSR count). The van der Waals surface area contributed by atoms with E-state index < -0.39 is 21.8 Å². The molecule has 0 radical (unpaired) electrons. The molecule has 1 heterocycles. The number of nitrogens with zero attached hydrogens (tertiary/aromatic N) is 1. The highest BCUT2D eigenvalue weighted by atomic mass is 32.2. The van der Waals surface area contributed by atoms with Crippen LogP contribution in [0.4, 0.5) is 0 Å². The highest BCUT2D eigenvalue weighted by Gasteiger charge is 2.22. The van der Waals surface area contributed by atoms with Gasteiger partial charge in [-0.3, -0.25) is 4.79 Å². The third kappa shape index (κ3) is 4.01. The molecular weight excluding hydrogens is 214 g/mol. The monoisotopic (exact) mass is 225 g/mol. The van der Waals surface area contributed by atoms with Gasteiger partial charge >= 0.3 is 5.97 Å². The summed E-state index contributed by atoms with van der Waals surface area (Å²) < 4.78 is 31.5. The molecule has 0 spiro atoms. The molecule has 7 nitrogen and oxygen atoms in total. The van der Waals surface area contributed by atoms with E-state index in [1.807, 2.05) is 0 Å². The lowest BCUT2D eigenvalue weighted by molar-refractivity contribution is -0.135. The molecule has 0 aromatic rings. The number of carboxylic acids is 1. The van der Waals surface area contributed by atoms with Crippen molar-refractivity contribution in [2.24, 2.45) is 0 Å². The molecule has 14 heavy (non-hydrogen) atoms. The lowest BCUT2D eigenvalue weighted by atomic mass is 10.5. The van der Waals surface area contributed by atoms with Crippen LogP contribution in [-0.2, 0) is 23.9 Å². The zero-order valence-electron chi connectivity index (χ0n) is 7.38. The van der Waals surface area contributed by atoms with Gasteiger partial charge in [0.05, 0.1) is 13.2 Å². The molecule has 1 N–H and O–H groups in total. The van der Waals surface area contributed by atoms with Crippen molar-refractivity contribution in [1.82, 2.24) is 5.06 Å². The van der Waals surface area contributed by atoms with E-state index in [4.69, 9.17) is 9.84 Å². The standard InChI is InChI=1S/C6H11NO6S/c8-6(9)5-14(10,11)13-7-1-3-12-4-2-7/h1-5H2,(H,8,9). The summed E-state index contributed by atoms with van der Waals surface area (Å²) in [5.41, 5.74) is 0. The molecule has 82 valence electrons. The maximum absolute atomic E-state index is 11.0. The second-order valence-electron chi connectivity index (χ2n) is 2.71. The molecule has 0 unspecified atom stereocenters. The van der Waals surface area contributed by atoms with Gasteiger partial charge in [-0.2, -0.15) is 17.8 Å². The van der Waals surface area contributed by atoms with Crippen LogP contribution in [-0.4, -0.2) is 56.6 Å². The van der Waals surface area contributed by atoms with Gasteiger partial charge in [0.1, 0.15) is 0 Å². The molecule has 0 aromatic heterocycles. The fourth-order valence-corrected chi connectivity index (χ4v) is 1.78. The van der Waals surface area contributed by atoms with Gasteiger partial charge in [-0.25, -0.2) is 0 Å². The Bertz CT molecular complexity index is 293. The second-order valence-corrected chi connectivity index (χ2v) is 4.26. The first-order valence-corrected chi connectivity index (χ1v) is 5.54. The van der Waals surface area contributed by atoms with E-state index in [9.17, 15) is 13.2 Å². The first kappa shape index (κ1) is 11.4. The Balaban J connectivity index is 2.45. The van der Waals surface area contributed by atoms with Crippen LogP contribution in [0.2, 0.25) is 0 Å². The van der Waals surface area contributed by atoms with E-state index in [0.29, 0.717) is 26.3 Å². The van der Waals surface area contributed by atoms with Crippen LogP contribution in [0.25, 0.3) is 0 Å². The zero-order chi connectivity index (χ0) is 10.6. The topological polar surface area (TPSA) is 93.1 Å². The third-order valence-electron chi connectivity index (χ3n) is 1.49. The van der Waals surface area contributed by atoms with E-state index in [1.165, 1.54) is 5.06 Å². The van der Waals surface area contributed by atoms with Gasteiger partial charge in [-0.1, -0.05) is 0 Å². The zero-order valence-corrected chi connectivity index (χ0v) is 8.20. The summed E-state index contributed by atoms with van der Waals surface area (Å²) in [6.45, 7) is 1.39. The molecule has 0 aromatic carbocycles. The second kappa shape index (κ2) is 4.69. The molecular formula is C6H11NO6S. The van der Waals surface area contributed by atoms with Gasteiger partial charge in [-0.15, -0.1) is 0 Å². The first-order chi connectivity index (χ1) is 6.49. The molecule has 8 heteroatoms. The maximum Gasteiger partial charge on any atom is 0.321 e. The van der Waals surface area contributed by atoms with Crippen molar-refractivity contribution >= 4 is 16.1 Å². The molecule has 0 bridgehead atoms. The van der Waals surface area contributed by atoms with Crippen LogP contribution in [0.1, 0.15) is 0 Å². The SMILES string of the molecule is O=C(O)CS(=O)(=O)ON1CCOCC1. The molecule has 1 saturated heterocycles. The molecule has 0 saturated carbocycles. The van der Waals surface area contributed by atoms with Crippen LogP contribution < -0.4 is 0 Å². The summed E-state index contributed by atoms with van der Waals surface area (Å²) in [6.07, 6.45) is 0. The minimum atomic E-state index is -4.01. The quantitative estimate of drug-likeness (QED) is 0.633. The largest absolute Gasteiger partial charge is 0.480 e. The average Bonchev–Trinajstić information content (AvgIpc) is 2.02. The van der Waals surface area contributed by atoms with Gasteiger partial charge in [-0.05, 0) is 0 Å². The van der Waals surface area contributed by atoms with Crippen LogP contribution in [0.15, 0.2) is 0 Å². The number of ether oxygens (including phenoxy) is 1. The maximum atomic E-state index is 11.0. The Labute approximate surface area is 81.3 Å². The van der Waals surface area contributed by atoms with Crippen LogP contribution in [0.3, 0.4) is 0 Å². The molecule has 1 aliphatic rings. The minimum Gasteiger partial charge on any atom is -0.480 e. The summed E-state index contributed by atoms with van der Waals surface area (Å²) in [5.74, 6) is -2.46. The van der Waals surface area contributed by atoms with Crippen molar-refractivity contribution in [3.8, 4) is 0 Å². The van der Waals surface area contributed by atoms with E-state index in [1.54, 1.807) is 0 Å². The van der Waals surface area contributed by atoms with Gasteiger partial charge < -0.3 is 9.84 Å². The van der Waals surface area contributed by atoms with Crippen molar-refractivity contribution in [3.05, 3.63) is 0 Å². The molecule has 1 aliphatic heterocycles. The smallest absolute Gasteiger partial charge is 0.321 e. The van der Waals surface area contributed by atoms with Crippen LogP contribution in [0.5, 0.6) is 0 Å². The number of carbonyl (C=O) groups is 1. The highest BCUT2D eigenvalue weighted by molar-refractivity contribution is 7.87. The highest BCUT2D eigenvalue weighted by Crippen LogP contribution is 2.03. The Morgan fingerprint density at radius 3 is 2.50 bits per heavy atom. The Morgan fingerprint density at radius 2 is 2.00 bits per heavy atom. The number of hydrogen-bond acceptors (Lipinski definition) is 6. The molecule has 0 amide bonds. The number of rotatable bonds is 4. The van der Waals surface area contributed by atoms with Gasteiger partial charge in [0.15, 0.2) is 5.75 Å². The van der Waals surface area contributed by atoms with Crippen molar-refractivity contribution in [2.75, 3.05) is 32.1 Å². The van der Waals surface area contributed by atoms with Crippen molar-refractivity contribution in [1.29, 1.82) is 0 Å². The Kier molecular flexibility index (Phi) is 3.81. The van der Waals surface area contributed by atoms with Crippen LogP contribution in [0, 0.1) is 0 Å². The summed E-state index contributed by atoms with van der Waals surface area (Å²) in [6, 6.07) is 0. The van der Waals surface area contributed by atoms with E-state index in [-0.39, 0.29) is 0 Å². The number of hydroxylamine groups is 2. The van der Waals surface area contributed by atoms with E-state index in [0.717, 1.165) is 0 Å².